The summed E-state index contributed by atoms with van der Waals surface area (Å²) in [6.07, 6.45) is 7.01. The van der Waals surface area contributed by atoms with Crippen molar-refractivity contribution in [1.82, 2.24) is 10.2 Å². The zero-order valence-corrected chi connectivity index (χ0v) is 15.8. The minimum absolute atomic E-state index is 0.0110. The Morgan fingerprint density at radius 3 is 2.65 bits per heavy atom. The lowest BCUT2D eigenvalue weighted by atomic mass is 9.89. The first-order chi connectivity index (χ1) is 12.6. The number of aryl methyl sites for hydroxylation is 3. The Hall–Kier alpha value is -2.29. The van der Waals surface area contributed by atoms with Crippen molar-refractivity contribution in [2.75, 3.05) is 7.05 Å². The largest absolute Gasteiger partial charge is 0.331 e. The molecule has 2 aliphatic carbocycles. The Morgan fingerprint density at radius 1 is 1.04 bits per heavy atom. The van der Waals surface area contributed by atoms with Crippen LogP contribution >= 0.6 is 0 Å². The lowest BCUT2D eigenvalue weighted by Crippen LogP contribution is -2.40. The van der Waals surface area contributed by atoms with Gasteiger partial charge in [-0.2, -0.15) is 0 Å². The van der Waals surface area contributed by atoms with Gasteiger partial charge in [0.25, 0.3) is 0 Å². The molecule has 2 amide bonds. The Balaban J connectivity index is 1.44. The lowest BCUT2D eigenvalue weighted by molar-refractivity contribution is 0.187. The second kappa shape index (κ2) is 7.14. The fourth-order valence-electron chi connectivity index (χ4n) is 4.47. The summed E-state index contributed by atoms with van der Waals surface area (Å²) in [7, 11) is 1.92. The van der Waals surface area contributed by atoms with Crippen molar-refractivity contribution < 1.29 is 4.79 Å². The van der Waals surface area contributed by atoms with E-state index in [0.717, 1.165) is 12.8 Å². The van der Waals surface area contributed by atoms with Crippen molar-refractivity contribution in [2.24, 2.45) is 0 Å². The first-order valence-corrected chi connectivity index (χ1v) is 9.86. The summed E-state index contributed by atoms with van der Waals surface area (Å²) >= 11 is 0. The SMILES string of the molecule is C[C@@H](NC(=O)N(C)[C@H]1CCc2ccccc21)c1ccc2c(c1)CCCC2. The monoisotopic (exact) mass is 348 g/mol. The van der Waals surface area contributed by atoms with Crippen molar-refractivity contribution in [3.05, 3.63) is 70.3 Å². The second-order valence-electron chi connectivity index (χ2n) is 7.77. The standard InChI is InChI=1S/C23H28N2O/c1-16(19-12-11-17-7-3-4-9-20(17)15-19)24-23(26)25(2)22-14-13-18-8-5-6-10-21(18)22/h5-6,8,10-12,15-16,22H,3-4,7,9,13-14H2,1-2H3,(H,24,26)/t16-,22+/m1/s1. The van der Waals surface area contributed by atoms with Crippen LogP contribution in [0.3, 0.4) is 0 Å². The average molecular weight is 348 g/mol. The van der Waals surface area contributed by atoms with Crippen molar-refractivity contribution in [2.45, 2.75) is 57.5 Å². The molecule has 2 aliphatic rings. The normalized spacial score (nSPS) is 19.4. The highest BCUT2D eigenvalue weighted by Crippen LogP contribution is 2.35. The first-order valence-electron chi connectivity index (χ1n) is 9.86. The summed E-state index contributed by atoms with van der Waals surface area (Å²) in [6.45, 7) is 2.08. The number of fused-ring (bicyclic) bond motifs is 2. The highest BCUT2D eigenvalue weighted by Gasteiger charge is 2.29. The summed E-state index contributed by atoms with van der Waals surface area (Å²) in [5, 5.41) is 3.20. The predicted octanol–water partition coefficient (Wildman–Crippen LogP) is 4.96. The van der Waals surface area contributed by atoms with E-state index < -0.39 is 0 Å². The van der Waals surface area contributed by atoms with E-state index in [4.69, 9.17) is 0 Å². The Morgan fingerprint density at radius 2 is 1.81 bits per heavy atom. The molecule has 0 unspecified atom stereocenters. The molecule has 0 saturated heterocycles. The maximum atomic E-state index is 12.8. The lowest BCUT2D eigenvalue weighted by Gasteiger charge is -2.28. The first kappa shape index (κ1) is 17.1. The van der Waals surface area contributed by atoms with Crippen molar-refractivity contribution in [3.8, 4) is 0 Å². The van der Waals surface area contributed by atoms with Gasteiger partial charge < -0.3 is 10.2 Å². The fraction of sp³-hybridized carbons (Fsp3) is 0.435. The summed E-state index contributed by atoms with van der Waals surface area (Å²) in [4.78, 5) is 14.7. The number of hydrogen-bond donors (Lipinski definition) is 1. The van der Waals surface area contributed by atoms with Gasteiger partial charge in [-0.15, -0.1) is 0 Å². The van der Waals surface area contributed by atoms with E-state index in [1.165, 1.54) is 53.5 Å². The molecule has 0 aromatic heterocycles. The Kier molecular flexibility index (Phi) is 4.71. The molecule has 0 radical (unpaired) electrons. The highest BCUT2D eigenvalue weighted by atomic mass is 16.2. The molecule has 26 heavy (non-hydrogen) atoms. The maximum Gasteiger partial charge on any atom is 0.318 e. The van der Waals surface area contributed by atoms with Gasteiger partial charge in [0, 0.05) is 7.05 Å². The number of benzene rings is 2. The summed E-state index contributed by atoms with van der Waals surface area (Å²) in [5.74, 6) is 0. The Bertz CT molecular complexity index is 814. The number of carbonyl (C=O) groups excluding carboxylic acids is 1. The number of hydrogen-bond acceptors (Lipinski definition) is 1. The molecule has 3 heteroatoms. The quantitative estimate of drug-likeness (QED) is 0.836. The minimum atomic E-state index is 0.0110. The van der Waals surface area contributed by atoms with E-state index in [-0.39, 0.29) is 18.1 Å². The third-order valence-corrected chi connectivity index (χ3v) is 6.10. The predicted molar refractivity (Wildman–Crippen MR) is 105 cm³/mol. The van der Waals surface area contributed by atoms with Gasteiger partial charge in [0.2, 0.25) is 0 Å². The van der Waals surface area contributed by atoms with E-state index in [2.05, 4.69) is 54.7 Å². The molecule has 1 N–H and O–H groups in total. The van der Waals surface area contributed by atoms with Gasteiger partial charge in [-0.3, -0.25) is 0 Å². The van der Waals surface area contributed by atoms with Gasteiger partial charge in [0.05, 0.1) is 12.1 Å². The van der Waals surface area contributed by atoms with Crippen LogP contribution in [0.5, 0.6) is 0 Å². The van der Waals surface area contributed by atoms with Crippen LogP contribution in [0.1, 0.15) is 66.1 Å². The summed E-state index contributed by atoms with van der Waals surface area (Å²) in [5.41, 5.74) is 6.83. The molecule has 2 atom stereocenters. The van der Waals surface area contributed by atoms with Gasteiger partial charge in [0.1, 0.15) is 0 Å². The molecule has 0 fully saturated rings. The fourth-order valence-corrected chi connectivity index (χ4v) is 4.47. The third kappa shape index (κ3) is 3.23. The molecule has 2 aromatic rings. The molecule has 0 aliphatic heterocycles. The highest BCUT2D eigenvalue weighted by molar-refractivity contribution is 5.75. The van der Waals surface area contributed by atoms with Crippen LogP contribution in [0.4, 0.5) is 4.79 Å². The van der Waals surface area contributed by atoms with Gasteiger partial charge in [-0.05, 0) is 73.3 Å². The number of rotatable bonds is 3. The van der Waals surface area contributed by atoms with Gasteiger partial charge >= 0.3 is 6.03 Å². The van der Waals surface area contributed by atoms with Gasteiger partial charge in [-0.25, -0.2) is 4.79 Å². The molecule has 4 rings (SSSR count). The maximum absolute atomic E-state index is 12.8. The number of carbonyl (C=O) groups is 1. The van der Waals surface area contributed by atoms with Crippen LogP contribution in [0.15, 0.2) is 42.5 Å². The minimum Gasteiger partial charge on any atom is -0.331 e. The van der Waals surface area contributed by atoms with E-state index in [0.29, 0.717) is 0 Å². The van der Waals surface area contributed by atoms with Crippen LogP contribution in [-0.4, -0.2) is 18.0 Å². The smallest absolute Gasteiger partial charge is 0.318 e. The van der Waals surface area contributed by atoms with Gasteiger partial charge in [0.15, 0.2) is 0 Å². The third-order valence-electron chi connectivity index (χ3n) is 6.10. The molecule has 0 spiro atoms. The summed E-state index contributed by atoms with van der Waals surface area (Å²) < 4.78 is 0. The van der Waals surface area contributed by atoms with Crippen LogP contribution in [0.25, 0.3) is 0 Å². The van der Waals surface area contributed by atoms with E-state index in [9.17, 15) is 4.79 Å². The number of urea groups is 1. The van der Waals surface area contributed by atoms with Gasteiger partial charge in [-0.1, -0.05) is 42.5 Å². The van der Waals surface area contributed by atoms with Crippen molar-refractivity contribution in [3.63, 3.8) is 0 Å². The zero-order valence-electron chi connectivity index (χ0n) is 15.8. The molecular formula is C23H28N2O. The molecular weight excluding hydrogens is 320 g/mol. The molecule has 0 heterocycles. The Labute approximate surface area is 156 Å². The average Bonchev–Trinajstić information content (AvgIpc) is 3.11. The summed E-state index contributed by atoms with van der Waals surface area (Å²) in [6, 6.07) is 15.4. The zero-order chi connectivity index (χ0) is 18.1. The van der Waals surface area contributed by atoms with Crippen LogP contribution < -0.4 is 5.32 Å². The second-order valence-corrected chi connectivity index (χ2v) is 7.77. The molecule has 2 aromatic carbocycles. The van der Waals surface area contributed by atoms with Crippen molar-refractivity contribution >= 4 is 6.03 Å². The number of amides is 2. The molecule has 136 valence electrons. The van der Waals surface area contributed by atoms with E-state index >= 15 is 0 Å². The van der Waals surface area contributed by atoms with Crippen LogP contribution in [0, 0.1) is 0 Å². The van der Waals surface area contributed by atoms with Crippen molar-refractivity contribution in [1.29, 1.82) is 0 Å². The van der Waals surface area contributed by atoms with Crippen LogP contribution in [-0.2, 0) is 19.3 Å². The molecule has 3 nitrogen and oxygen atoms in total. The number of nitrogens with zero attached hydrogens (tertiary/aromatic N) is 1. The topological polar surface area (TPSA) is 32.3 Å². The van der Waals surface area contributed by atoms with Crippen LogP contribution in [0.2, 0.25) is 0 Å². The number of nitrogens with one attached hydrogen (secondary N) is 1. The van der Waals surface area contributed by atoms with E-state index in [1.54, 1.807) is 0 Å². The molecule has 0 saturated carbocycles. The molecule has 0 bridgehead atoms. The van der Waals surface area contributed by atoms with E-state index in [1.807, 2.05) is 11.9 Å².